The first kappa shape index (κ1) is 8.77. The summed E-state index contributed by atoms with van der Waals surface area (Å²) in [6.45, 7) is 6.32. The first-order chi connectivity index (χ1) is 5.61. The molecule has 0 aromatic carbocycles. The van der Waals surface area contributed by atoms with Gasteiger partial charge in [-0.1, -0.05) is 5.57 Å². The highest BCUT2D eigenvalue weighted by atomic mass is 16.2. The molecule has 66 valence electrons. The van der Waals surface area contributed by atoms with Crippen LogP contribution in [0.25, 0.3) is 0 Å². The van der Waals surface area contributed by atoms with Crippen LogP contribution in [0.15, 0.2) is 23.3 Å². The maximum absolute atomic E-state index is 11.2. The van der Waals surface area contributed by atoms with Crippen molar-refractivity contribution in [1.29, 1.82) is 0 Å². The van der Waals surface area contributed by atoms with Crippen molar-refractivity contribution in [3.63, 3.8) is 0 Å². The SMILES string of the molecule is C=C(C)CCn1ncn(C)c1=O. The lowest BCUT2D eigenvalue weighted by Crippen LogP contribution is -2.23. The van der Waals surface area contributed by atoms with Gasteiger partial charge in [0.2, 0.25) is 0 Å². The van der Waals surface area contributed by atoms with E-state index in [-0.39, 0.29) is 5.69 Å². The number of hydrogen-bond donors (Lipinski definition) is 0. The average Bonchev–Trinajstić information content (AvgIpc) is 2.30. The van der Waals surface area contributed by atoms with Crippen LogP contribution in [0.2, 0.25) is 0 Å². The van der Waals surface area contributed by atoms with Crippen LogP contribution < -0.4 is 5.69 Å². The topological polar surface area (TPSA) is 39.8 Å². The zero-order chi connectivity index (χ0) is 9.14. The molecule has 0 unspecified atom stereocenters. The van der Waals surface area contributed by atoms with Gasteiger partial charge >= 0.3 is 5.69 Å². The molecule has 0 spiro atoms. The quantitative estimate of drug-likeness (QED) is 0.617. The molecule has 0 aliphatic rings. The summed E-state index contributed by atoms with van der Waals surface area (Å²) in [6, 6.07) is 0. The smallest absolute Gasteiger partial charge is 0.285 e. The molecular weight excluding hydrogens is 154 g/mol. The standard InChI is InChI=1S/C8H13N3O/c1-7(2)4-5-11-8(12)10(3)6-9-11/h6H,1,4-5H2,2-3H3. The van der Waals surface area contributed by atoms with Gasteiger partial charge in [0.25, 0.3) is 0 Å². The van der Waals surface area contributed by atoms with Crippen LogP contribution >= 0.6 is 0 Å². The maximum atomic E-state index is 11.2. The third-order valence-corrected chi connectivity index (χ3v) is 1.64. The normalized spacial score (nSPS) is 10.2. The second kappa shape index (κ2) is 3.38. The van der Waals surface area contributed by atoms with E-state index in [9.17, 15) is 4.79 Å². The molecule has 0 N–H and O–H groups in total. The van der Waals surface area contributed by atoms with E-state index in [2.05, 4.69) is 11.7 Å². The zero-order valence-corrected chi connectivity index (χ0v) is 7.45. The van der Waals surface area contributed by atoms with E-state index in [0.717, 1.165) is 12.0 Å². The molecule has 0 fully saturated rings. The molecule has 4 nitrogen and oxygen atoms in total. The highest BCUT2D eigenvalue weighted by Crippen LogP contribution is 1.95. The lowest BCUT2D eigenvalue weighted by Gasteiger charge is -1.97. The minimum absolute atomic E-state index is 0.0729. The van der Waals surface area contributed by atoms with Crippen molar-refractivity contribution in [2.45, 2.75) is 19.9 Å². The molecule has 0 saturated carbocycles. The number of allylic oxidation sites excluding steroid dienone is 1. The minimum atomic E-state index is -0.0729. The first-order valence-electron chi connectivity index (χ1n) is 3.84. The van der Waals surface area contributed by atoms with E-state index in [4.69, 9.17) is 0 Å². The van der Waals surface area contributed by atoms with Crippen LogP contribution in [0.3, 0.4) is 0 Å². The van der Waals surface area contributed by atoms with Gasteiger partial charge in [-0.3, -0.25) is 4.57 Å². The minimum Gasteiger partial charge on any atom is -0.285 e. The fourth-order valence-corrected chi connectivity index (χ4v) is 0.871. The highest BCUT2D eigenvalue weighted by Gasteiger charge is 1.99. The van der Waals surface area contributed by atoms with E-state index in [0.29, 0.717) is 6.54 Å². The van der Waals surface area contributed by atoms with Gasteiger partial charge in [0, 0.05) is 7.05 Å². The lowest BCUT2D eigenvalue weighted by atomic mass is 10.2. The molecule has 0 aliphatic carbocycles. The molecule has 12 heavy (non-hydrogen) atoms. The van der Waals surface area contributed by atoms with E-state index < -0.39 is 0 Å². The van der Waals surface area contributed by atoms with Crippen LogP contribution in [0, 0.1) is 0 Å². The third kappa shape index (κ3) is 1.84. The Hall–Kier alpha value is -1.32. The van der Waals surface area contributed by atoms with Crippen molar-refractivity contribution >= 4 is 0 Å². The van der Waals surface area contributed by atoms with Crippen molar-refractivity contribution in [2.24, 2.45) is 7.05 Å². The molecule has 4 heteroatoms. The molecule has 1 heterocycles. The molecule has 0 saturated heterocycles. The van der Waals surface area contributed by atoms with E-state index >= 15 is 0 Å². The van der Waals surface area contributed by atoms with Crippen molar-refractivity contribution in [2.75, 3.05) is 0 Å². The number of aromatic nitrogens is 3. The Kier molecular flexibility index (Phi) is 2.47. The predicted octanol–water partition coefficient (Wildman–Crippen LogP) is 0.548. The molecule has 0 radical (unpaired) electrons. The highest BCUT2D eigenvalue weighted by molar-refractivity contribution is 4.87. The van der Waals surface area contributed by atoms with E-state index in [1.165, 1.54) is 15.6 Å². The van der Waals surface area contributed by atoms with Gasteiger partial charge in [0.1, 0.15) is 6.33 Å². The molecule has 0 bridgehead atoms. The average molecular weight is 167 g/mol. The summed E-state index contributed by atoms with van der Waals surface area (Å²) in [4.78, 5) is 11.2. The maximum Gasteiger partial charge on any atom is 0.345 e. The van der Waals surface area contributed by atoms with Gasteiger partial charge in [0.05, 0.1) is 6.54 Å². The van der Waals surface area contributed by atoms with Crippen LogP contribution in [-0.4, -0.2) is 14.3 Å². The predicted molar refractivity (Wildman–Crippen MR) is 46.9 cm³/mol. The zero-order valence-electron chi connectivity index (χ0n) is 7.45. The second-order valence-corrected chi connectivity index (χ2v) is 2.95. The number of aryl methyl sites for hydroxylation is 2. The third-order valence-electron chi connectivity index (χ3n) is 1.64. The van der Waals surface area contributed by atoms with Gasteiger partial charge in [-0.15, -0.1) is 6.58 Å². The summed E-state index contributed by atoms with van der Waals surface area (Å²) in [6.07, 6.45) is 2.32. The summed E-state index contributed by atoms with van der Waals surface area (Å²) in [5, 5.41) is 3.91. The van der Waals surface area contributed by atoms with Crippen molar-refractivity contribution in [3.05, 3.63) is 29.0 Å². The molecule has 1 rings (SSSR count). The fourth-order valence-electron chi connectivity index (χ4n) is 0.871. The van der Waals surface area contributed by atoms with Crippen molar-refractivity contribution in [3.8, 4) is 0 Å². The fraction of sp³-hybridized carbons (Fsp3) is 0.500. The number of rotatable bonds is 3. The Labute approximate surface area is 71.1 Å². The van der Waals surface area contributed by atoms with Gasteiger partial charge in [-0.05, 0) is 13.3 Å². The van der Waals surface area contributed by atoms with Crippen molar-refractivity contribution in [1.82, 2.24) is 14.3 Å². The van der Waals surface area contributed by atoms with E-state index in [1.54, 1.807) is 7.05 Å². The number of nitrogens with zero attached hydrogens (tertiary/aromatic N) is 3. The summed E-state index contributed by atoms with van der Waals surface area (Å²) >= 11 is 0. The Morgan fingerprint density at radius 1 is 1.75 bits per heavy atom. The second-order valence-electron chi connectivity index (χ2n) is 2.95. The Morgan fingerprint density at radius 2 is 2.42 bits per heavy atom. The summed E-state index contributed by atoms with van der Waals surface area (Å²) in [5.41, 5.74) is 0.990. The monoisotopic (exact) mass is 167 g/mol. The van der Waals surface area contributed by atoms with Crippen LogP contribution in [0.1, 0.15) is 13.3 Å². The summed E-state index contributed by atoms with van der Waals surface area (Å²) < 4.78 is 2.90. The number of hydrogen-bond acceptors (Lipinski definition) is 2. The Balaban J connectivity index is 2.70. The van der Waals surface area contributed by atoms with E-state index in [1.807, 2.05) is 6.92 Å². The summed E-state index contributed by atoms with van der Waals surface area (Å²) in [5.74, 6) is 0. The van der Waals surface area contributed by atoms with Gasteiger partial charge in [-0.2, -0.15) is 5.10 Å². The molecule has 1 aromatic heterocycles. The van der Waals surface area contributed by atoms with Crippen LogP contribution in [-0.2, 0) is 13.6 Å². The van der Waals surface area contributed by atoms with Gasteiger partial charge in [0.15, 0.2) is 0 Å². The molecule has 0 atom stereocenters. The van der Waals surface area contributed by atoms with Crippen LogP contribution in [0.5, 0.6) is 0 Å². The largest absolute Gasteiger partial charge is 0.345 e. The van der Waals surface area contributed by atoms with Crippen LogP contribution in [0.4, 0.5) is 0 Å². The molecule has 1 aromatic rings. The Bertz CT molecular complexity index is 334. The first-order valence-corrected chi connectivity index (χ1v) is 3.84. The lowest BCUT2D eigenvalue weighted by molar-refractivity contribution is 0.583. The van der Waals surface area contributed by atoms with Gasteiger partial charge in [-0.25, -0.2) is 9.48 Å². The summed E-state index contributed by atoms with van der Waals surface area (Å²) in [7, 11) is 1.69. The molecular formula is C8H13N3O. The van der Waals surface area contributed by atoms with Gasteiger partial charge < -0.3 is 0 Å². The Morgan fingerprint density at radius 3 is 2.83 bits per heavy atom. The molecule has 0 amide bonds. The molecule has 0 aliphatic heterocycles. The van der Waals surface area contributed by atoms with Crippen molar-refractivity contribution < 1.29 is 0 Å².